The van der Waals surface area contributed by atoms with Crippen molar-refractivity contribution in [3.8, 4) is 0 Å². The number of nitrogens with zero attached hydrogens (tertiary/aromatic N) is 2. The minimum Gasteiger partial charge on any atom is -0.457 e. The summed E-state index contributed by atoms with van der Waals surface area (Å²) in [7, 11) is 0. The van der Waals surface area contributed by atoms with Gasteiger partial charge >= 0.3 is 5.97 Å². The molecule has 0 aliphatic heterocycles. The highest BCUT2D eigenvalue weighted by Crippen LogP contribution is 2.23. The Hall–Kier alpha value is -2.54. The fraction of sp³-hybridized carbons (Fsp3) is 0.133. The molecule has 0 saturated heterocycles. The Balaban J connectivity index is 2.04. The maximum Gasteiger partial charge on any atom is 0.350 e. The van der Waals surface area contributed by atoms with Crippen LogP contribution in [0.15, 0.2) is 42.0 Å². The maximum absolute atomic E-state index is 13.4. The van der Waals surface area contributed by atoms with Crippen LogP contribution < -0.4 is 5.43 Å². The molecular formula is C15H14FN3O2S. The summed E-state index contributed by atoms with van der Waals surface area (Å²) >= 11 is 1.12. The largest absolute Gasteiger partial charge is 0.457 e. The summed E-state index contributed by atoms with van der Waals surface area (Å²) in [6, 6.07) is 6.27. The third-order valence-electron chi connectivity index (χ3n) is 2.58. The lowest BCUT2D eigenvalue weighted by atomic mass is 10.2. The van der Waals surface area contributed by atoms with Crippen LogP contribution in [0.25, 0.3) is 0 Å². The highest BCUT2D eigenvalue weighted by molar-refractivity contribution is 7.17. The van der Waals surface area contributed by atoms with Gasteiger partial charge in [-0.25, -0.2) is 14.2 Å². The number of anilines is 1. The standard InChI is InChI=1S/C15H14FN3O2S/c1-3-8-21-14(20)13-10(2)18-15(22-13)19-17-9-11-6-4-5-7-12(11)16/h3-7,9H,1,8H2,2H3,(H,18,19). The van der Waals surface area contributed by atoms with Crippen LogP contribution in [0, 0.1) is 12.7 Å². The number of hydrogen-bond donors (Lipinski definition) is 1. The number of thiazole rings is 1. The fourth-order valence-electron chi connectivity index (χ4n) is 1.57. The summed E-state index contributed by atoms with van der Waals surface area (Å²) in [5.41, 5.74) is 3.57. The average Bonchev–Trinajstić information content (AvgIpc) is 2.88. The molecule has 0 unspecified atom stereocenters. The predicted molar refractivity (Wildman–Crippen MR) is 84.9 cm³/mol. The van der Waals surface area contributed by atoms with E-state index in [1.165, 1.54) is 18.4 Å². The molecule has 0 radical (unpaired) electrons. The molecule has 22 heavy (non-hydrogen) atoms. The van der Waals surface area contributed by atoms with E-state index in [1.807, 2.05) is 0 Å². The average molecular weight is 319 g/mol. The molecule has 0 amide bonds. The number of aryl methyl sites for hydroxylation is 1. The van der Waals surface area contributed by atoms with Gasteiger partial charge < -0.3 is 4.74 Å². The van der Waals surface area contributed by atoms with Crippen molar-refractivity contribution in [1.82, 2.24) is 4.98 Å². The number of aromatic nitrogens is 1. The number of rotatable bonds is 6. The van der Waals surface area contributed by atoms with Crippen molar-refractivity contribution in [3.05, 3.63) is 58.9 Å². The third kappa shape index (κ3) is 3.98. The normalized spacial score (nSPS) is 10.6. The predicted octanol–water partition coefficient (Wildman–Crippen LogP) is 3.38. The van der Waals surface area contributed by atoms with Crippen molar-refractivity contribution < 1.29 is 13.9 Å². The second kappa shape index (κ2) is 7.46. The molecule has 2 aromatic rings. The van der Waals surface area contributed by atoms with Gasteiger partial charge in [-0.05, 0) is 13.0 Å². The zero-order chi connectivity index (χ0) is 15.9. The zero-order valence-corrected chi connectivity index (χ0v) is 12.7. The lowest BCUT2D eigenvalue weighted by molar-refractivity contribution is 0.0554. The van der Waals surface area contributed by atoms with E-state index in [0.29, 0.717) is 21.3 Å². The molecular weight excluding hydrogens is 305 g/mol. The van der Waals surface area contributed by atoms with Crippen LogP contribution in [-0.2, 0) is 4.74 Å². The van der Waals surface area contributed by atoms with Crippen molar-refractivity contribution in [2.45, 2.75) is 6.92 Å². The molecule has 0 saturated carbocycles. The van der Waals surface area contributed by atoms with Crippen molar-refractivity contribution in [3.63, 3.8) is 0 Å². The van der Waals surface area contributed by atoms with Crippen LogP contribution >= 0.6 is 11.3 Å². The summed E-state index contributed by atoms with van der Waals surface area (Å²) in [6.07, 6.45) is 2.84. The number of benzene rings is 1. The SMILES string of the molecule is C=CCOC(=O)c1sc(NN=Cc2ccccc2F)nc1C. The summed E-state index contributed by atoms with van der Waals surface area (Å²) < 4.78 is 18.4. The van der Waals surface area contributed by atoms with Crippen LogP contribution in [0.3, 0.4) is 0 Å². The van der Waals surface area contributed by atoms with E-state index < -0.39 is 5.97 Å². The highest BCUT2D eigenvalue weighted by atomic mass is 32.1. The van der Waals surface area contributed by atoms with E-state index in [2.05, 4.69) is 22.1 Å². The Morgan fingerprint density at radius 2 is 2.32 bits per heavy atom. The Kier molecular flexibility index (Phi) is 5.37. The number of halogens is 1. The molecule has 1 aromatic carbocycles. The van der Waals surface area contributed by atoms with Crippen LogP contribution in [0.5, 0.6) is 0 Å². The van der Waals surface area contributed by atoms with Gasteiger partial charge in [0.15, 0.2) is 0 Å². The second-order valence-electron chi connectivity index (χ2n) is 4.21. The second-order valence-corrected chi connectivity index (χ2v) is 5.21. The molecule has 0 aliphatic carbocycles. The molecule has 0 atom stereocenters. The van der Waals surface area contributed by atoms with Gasteiger partial charge in [0.2, 0.25) is 5.13 Å². The van der Waals surface area contributed by atoms with Gasteiger partial charge in [-0.3, -0.25) is 5.43 Å². The molecule has 0 fully saturated rings. The van der Waals surface area contributed by atoms with Crippen LogP contribution in [0.4, 0.5) is 9.52 Å². The van der Waals surface area contributed by atoms with E-state index in [9.17, 15) is 9.18 Å². The minimum absolute atomic E-state index is 0.143. The topological polar surface area (TPSA) is 63.6 Å². The van der Waals surface area contributed by atoms with Crippen molar-refractivity contribution in [2.24, 2.45) is 5.10 Å². The Labute approximate surface area is 131 Å². The molecule has 1 heterocycles. The number of hydrazone groups is 1. The number of carbonyl (C=O) groups is 1. The lowest BCUT2D eigenvalue weighted by Gasteiger charge is -1.98. The van der Waals surface area contributed by atoms with E-state index in [1.54, 1.807) is 25.1 Å². The number of carbonyl (C=O) groups excluding carboxylic acids is 1. The first-order valence-corrected chi connectivity index (χ1v) is 7.22. The molecule has 0 aliphatic rings. The summed E-state index contributed by atoms with van der Waals surface area (Å²) in [6.45, 7) is 5.32. The maximum atomic E-state index is 13.4. The summed E-state index contributed by atoms with van der Waals surface area (Å²) in [4.78, 5) is 16.3. The van der Waals surface area contributed by atoms with Gasteiger partial charge in [0.1, 0.15) is 17.3 Å². The van der Waals surface area contributed by atoms with Crippen molar-refractivity contribution >= 4 is 28.7 Å². The first-order valence-electron chi connectivity index (χ1n) is 6.41. The van der Waals surface area contributed by atoms with Gasteiger partial charge in [0.25, 0.3) is 0 Å². The first kappa shape index (κ1) is 15.8. The molecule has 1 N–H and O–H groups in total. The number of hydrogen-bond acceptors (Lipinski definition) is 6. The summed E-state index contributed by atoms with van der Waals surface area (Å²) in [5, 5.41) is 4.34. The Morgan fingerprint density at radius 3 is 3.05 bits per heavy atom. The molecule has 0 bridgehead atoms. The number of ether oxygens (including phenoxy) is 1. The van der Waals surface area contributed by atoms with Gasteiger partial charge in [0, 0.05) is 5.56 Å². The van der Waals surface area contributed by atoms with Gasteiger partial charge in [-0.1, -0.05) is 42.2 Å². The number of nitrogens with one attached hydrogen (secondary N) is 1. The minimum atomic E-state index is -0.457. The number of esters is 1. The Morgan fingerprint density at radius 1 is 1.55 bits per heavy atom. The fourth-order valence-corrected chi connectivity index (χ4v) is 2.38. The Bertz CT molecular complexity index is 713. The molecule has 7 heteroatoms. The quantitative estimate of drug-likeness (QED) is 0.384. The van der Waals surface area contributed by atoms with Crippen molar-refractivity contribution in [2.75, 3.05) is 12.0 Å². The van der Waals surface area contributed by atoms with Gasteiger partial charge in [-0.15, -0.1) is 0 Å². The first-order chi connectivity index (χ1) is 10.6. The molecule has 114 valence electrons. The monoisotopic (exact) mass is 319 g/mol. The van der Waals surface area contributed by atoms with Crippen LogP contribution in [-0.4, -0.2) is 23.8 Å². The molecule has 0 spiro atoms. The summed E-state index contributed by atoms with van der Waals surface area (Å²) in [5.74, 6) is -0.821. The molecule has 2 rings (SSSR count). The third-order valence-corrected chi connectivity index (χ3v) is 3.63. The highest BCUT2D eigenvalue weighted by Gasteiger charge is 2.16. The van der Waals surface area contributed by atoms with Crippen LogP contribution in [0.1, 0.15) is 20.9 Å². The van der Waals surface area contributed by atoms with Gasteiger partial charge in [0.05, 0.1) is 11.9 Å². The lowest BCUT2D eigenvalue weighted by Crippen LogP contribution is -2.04. The van der Waals surface area contributed by atoms with Crippen LogP contribution in [0.2, 0.25) is 0 Å². The van der Waals surface area contributed by atoms with E-state index in [-0.39, 0.29) is 12.4 Å². The smallest absolute Gasteiger partial charge is 0.350 e. The molecule has 5 nitrogen and oxygen atoms in total. The van der Waals surface area contributed by atoms with Crippen molar-refractivity contribution in [1.29, 1.82) is 0 Å². The van der Waals surface area contributed by atoms with Gasteiger partial charge in [-0.2, -0.15) is 5.10 Å². The van der Waals surface area contributed by atoms with E-state index in [0.717, 1.165) is 11.3 Å². The zero-order valence-electron chi connectivity index (χ0n) is 11.9. The van der Waals surface area contributed by atoms with E-state index in [4.69, 9.17) is 4.74 Å². The van der Waals surface area contributed by atoms with E-state index >= 15 is 0 Å². The molecule has 1 aromatic heterocycles.